The number of halogens is 1. The Morgan fingerprint density at radius 3 is 2.68 bits per heavy atom. The lowest BCUT2D eigenvalue weighted by molar-refractivity contribution is -0.120. The SMILES string of the molecule is CC(=N)CC(=O)NCC(OCCI)c1ccccc1. The van der Waals surface area contributed by atoms with Crippen molar-refractivity contribution >= 4 is 34.2 Å². The molecular weight excluding hydrogens is 355 g/mol. The van der Waals surface area contributed by atoms with Crippen LogP contribution in [0.3, 0.4) is 0 Å². The van der Waals surface area contributed by atoms with Gasteiger partial charge in [0.15, 0.2) is 0 Å². The van der Waals surface area contributed by atoms with E-state index >= 15 is 0 Å². The van der Waals surface area contributed by atoms with E-state index in [9.17, 15) is 4.79 Å². The summed E-state index contributed by atoms with van der Waals surface area (Å²) in [6, 6.07) is 9.85. The van der Waals surface area contributed by atoms with Crippen LogP contribution in [0.4, 0.5) is 0 Å². The van der Waals surface area contributed by atoms with Gasteiger partial charge in [-0.15, -0.1) is 0 Å². The first kappa shape index (κ1) is 16.1. The monoisotopic (exact) mass is 374 g/mol. The molecular formula is C14H19IN2O2. The normalized spacial score (nSPS) is 11.9. The zero-order valence-electron chi connectivity index (χ0n) is 11.0. The number of ether oxygens (including phenoxy) is 1. The van der Waals surface area contributed by atoms with E-state index in [2.05, 4.69) is 27.9 Å². The second-order valence-corrected chi connectivity index (χ2v) is 5.30. The minimum Gasteiger partial charge on any atom is -0.371 e. The molecule has 0 radical (unpaired) electrons. The Balaban J connectivity index is 2.55. The van der Waals surface area contributed by atoms with Crippen LogP contribution in [0.15, 0.2) is 30.3 Å². The van der Waals surface area contributed by atoms with E-state index < -0.39 is 0 Å². The van der Waals surface area contributed by atoms with Gasteiger partial charge in [0.1, 0.15) is 0 Å². The molecule has 0 spiro atoms. The Hall–Kier alpha value is -0.950. The standard InChI is InChI=1S/C14H19IN2O2/c1-11(16)9-14(18)17-10-13(19-8-7-15)12-5-3-2-4-6-12/h2-6,13,16H,7-10H2,1H3,(H,17,18). The first-order valence-electron chi connectivity index (χ1n) is 6.16. The van der Waals surface area contributed by atoms with Crippen molar-refractivity contribution in [2.75, 3.05) is 17.6 Å². The van der Waals surface area contributed by atoms with Crippen LogP contribution in [-0.2, 0) is 9.53 Å². The van der Waals surface area contributed by atoms with Gasteiger partial charge in [-0.25, -0.2) is 0 Å². The summed E-state index contributed by atoms with van der Waals surface area (Å²) in [4.78, 5) is 11.6. The molecule has 1 unspecified atom stereocenters. The van der Waals surface area contributed by atoms with Gasteiger partial charge in [-0.1, -0.05) is 52.9 Å². The maximum atomic E-state index is 11.6. The molecule has 1 aromatic carbocycles. The van der Waals surface area contributed by atoms with Crippen LogP contribution in [0.5, 0.6) is 0 Å². The van der Waals surface area contributed by atoms with Gasteiger partial charge in [-0.3, -0.25) is 4.79 Å². The van der Waals surface area contributed by atoms with Crippen LogP contribution < -0.4 is 5.32 Å². The van der Waals surface area contributed by atoms with Crippen LogP contribution in [-0.4, -0.2) is 29.2 Å². The second-order valence-electron chi connectivity index (χ2n) is 4.22. The summed E-state index contributed by atoms with van der Waals surface area (Å²) in [5, 5.41) is 10.1. The molecule has 0 saturated heterocycles. The molecule has 19 heavy (non-hydrogen) atoms. The zero-order valence-corrected chi connectivity index (χ0v) is 13.1. The molecule has 0 saturated carbocycles. The van der Waals surface area contributed by atoms with Crippen molar-refractivity contribution in [1.29, 1.82) is 5.41 Å². The molecule has 0 aromatic heterocycles. The topological polar surface area (TPSA) is 62.2 Å². The molecule has 1 aromatic rings. The van der Waals surface area contributed by atoms with E-state index in [1.165, 1.54) is 0 Å². The van der Waals surface area contributed by atoms with Crippen LogP contribution in [0.25, 0.3) is 0 Å². The number of amides is 1. The number of carbonyl (C=O) groups is 1. The summed E-state index contributed by atoms with van der Waals surface area (Å²) in [5.41, 5.74) is 1.42. The highest BCUT2D eigenvalue weighted by molar-refractivity contribution is 14.1. The summed E-state index contributed by atoms with van der Waals surface area (Å²) in [6.07, 6.45) is 0.0132. The summed E-state index contributed by atoms with van der Waals surface area (Å²) in [6.45, 7) is 2.72. The van der Waals surface area contributed by atoms with Crippen LogP contribution in [0.2, 0.25) is 0 Å². The Morgan fingerprint density at radius 1 is 1.42 bits per heavy atom. The van der Waals surface area contributed by atoms with Crippen molar-refractivity contribution in [3.63, 3.8) is 0 Å². The number of nitrogens with one attached hydrogen (secondary N) is 2. The molecule has 104 valence electrons. The van der Waals surface area contributed by atoms with E-state index in [4.69, 9.17) is 10.1 Å². The van der Waals surface area contributed by atoms with Gasteiger partial charge >= 0.3 is 0 Å². The largest absolute Gasteiger partial charge is 0.371 e. The molecule has 0 fully saturated rings. The van der Waals surface area contributed by atoms with Crippen molar-refractivity contribution in [3.05, 3.63) is 35.9 Å². The smallest absolute Gasteiger partial charge is 0.225 e. The minimum absolute atomic E-state index is 0.133. The molecule has 0 heterocycles. The molecule has 1 atom stereocenters. The lowest BCUT2D eigenvalue weighted by Crippen LogP contribution is -2.30. The van der Waals surface area contributed by atoms with Gasteiger partial charge in [-0.2, -0.15) is 0 Å². The van der Waals surface area contributed by atoms with E-state index in [-0.39, 0.29) is 18.4 Å². The molecule has 0 aliphatic heterocycles. The number of hydrogen-bond donors (Lipinski definition) is 2. The van der Waals surface area contributed by atoms with Crippen molar-refractivity contribution < 1.29 is 9.53 Å². The lowest BCUT2D eigenvalue weighted by Gasteiger charge is -2.18. The predicted octanol–water partition coefficient (Wildman–Crippen LogP) is 2.73. The lowest BCUT2D eigenvalue weighted by atomic mass is 10.1. The van der Waals surface area contributed by atoms with Gasteiger partial charge in [0.2, 0.25) is 5.91 Å². The Morgan fingerprint density at radius 2 is 2.11 bits per heavy atom. The predicted molar refractivity (Wildman–Crippen MR) is 85.0 cm³/mol. The third kappa shape index (κ3) is 6.68. The summed E-state index contributed by atoms with van der Waals surface area (Å²) in [5.74, 6) is -0.133. The van der Waals surface area contributed by atoms with Crippen molar-refractivity contribution in [3.8, 4) is 0 Å². The third-order valence-corrected chi connectivity index (χ3v) is 2.92. The number of alkyl halides is 1. The molecule has 5 heteroatoms. The first-order chi connectivity index (χ1) is 9.13. The minimum atomic E-state index is -0.133. The second kappa shape index (κ2) is 9.03. The third-order valence-electron chi connectivity index (χ3n) is 2.48. The maximum Gasteiger partial charge on any atom is 0.225 e. The fourth-order valence-electron chi connectivity index (χ4n) is 1.64. The van der Waals surface area contributed by atoms with E-state index in [0.717, 1.165) is 9.99 Å². The highest BCUT2D eigenvalue weighted by Crippen LogP contribution is 2.16. The Bertz CT molecular complexity index is 409. The summed E-state index contributed by atoms with van der Waals surface area (Å²) in [7, 11) is 0. The van der Waals surface area contributed by atoms with Crippen LogP contribution in [0.1, 0.15) is 25.0 Å². The van der Waals surface area contributed by atoms with Crippen molar-refractivity contribution in [1.82, 2.24) is 5.32 Å². The quantitative estimate of drug-likeness (QED) is 0.418. The van der Waals surface area contributed by atoms with Gasteiger partial charge < -0.3 is 15.5 Å². The molecule has 1 rings (SSSR count). The Kier molecular flexibility index (Phi) is 7.66. The molecule has 0 bridgehead atoms. The number of hydrogen-bond acceptors (Lipinski definition) is 3. The zero-order chi connectivity index (χ0) is 14.1. The highest BCUT2D eigenvalue weighted by Gasteiger charge is 2.13. The van der Waals surface area contributed by atoms with Gasteiger partial charge in [0, 0.05) is 16.7 Å². The summed E-state index contributed by atoms with van der Waals surface area (Å²) < 4.78 is 6.67. The fourth-order valence-corrected chi connectivity index (χ4v) is 1.89. The summed E-state index contributed by atoms with van der Waals surface area (Å²) >= 11 is 2.26. The van der Waals surface area contributed by atoms with Gasteiger partial charge in [0.05, 0.1) is 19.1 Å². The highest BCUT2D eigenvalue weighted by atomic mass is 127. The van der Waals surface area contributed by atoms with Crippen molar-refractivity contribution in [2.45, 2.75) is 19.4 Å². The van der Waals surface area contributed by atoms with Crippen molar-refractivity contribution in [2.24, 2.45) is 0 Å². The molecule has 0 aliphatic carbocycles. The van der Waals surface area contributed by atoms with E-state index in [1.54, 1.807) is 6.92 Å². The van der Waals surface area contributed by atoms with Crippen LogP contribution >= 0.6 is 22.6 Å². The fraction of sp³-hybridized carbons (Fsp3) is 0.429. The maximum absolute atomic E-state index is 11.6. The number of carbonyl (C=O) groups excluding carboxylic acids is 1. The van der Waals surface area contributed by atoms with Gasteiger partial charge in [-0.05, 0) is 12.5 Å². The number of benzene rings is 1. The molecule has 2 N–H and O–H groups in total. The first-order valence-corrected chi connectivity index (χ1v) is 7.69. The Labute approximate surface area is 127 Å². The number of rotatable bonds is 8. The molecule has 4 nitrogen and oxygen atoms in total. The average Bonchev–Trinajstić information content (AvgIpc) is 2.39. The van der Waals surface area contributed by atoms with E-state index in [0.29, 0.717) is 18.9 Å². The molecule has 0 aliphatic rings. The molecule has 1 amide bonds. The average molecular weight is 374 g/mol. The van der Waals surface area contributed by atoms with E-state index in [1.807, 2.05) is 30.3 Å². The van der Waals surface area contributed by atoms with Crippen LogP contribution in [0, 0.1) is 5.41 Å². The van der Waals surface area contributed by atoms with Gasteiger partial charge in [0.25, 0.3) is 0 Å².